The topological polar surface area (TPSA) is 52.6 Å². The normalized spacial score (nSPS) is 14.1. The Labute approximate surface area is 135 Å². The van der Waals surface area contributed by atoms with Gasteiger partial charge in [0.1, 0.15) is 5.54 Å². The predicted octanol–water partition coefficient (Wildman–Crippen LogP) is 3.07. The lowest BCUT2D eigenvalue weighted by atomic mass is 9.87. The van der Waals surface area contributed by atoms with Crippen LogP contribution < -0.4 is 5.32 Å². The minimum absolute atomic E-state index is 0.502. The minimum atomic E-state index is -1.02. The van der Waals surface area contributed by atoms with Gasteiger partial charge < -0.3 is 10.0 Å². The predicted molar refractivity (Wildman–Crippen MR) is 89.5 cm³/mol. The maximum atomic E-state index is 11.9. The molecule has 1 aromatic carbocycles. The van der Waals surface area contributed by atoms with E-state index in [1.165, 1.54) is 0 Å². The molecule has 21 heavy (non-hydrogen) atoms. The van der Waals surface area contributed by atoms with Crippen molar-refractivity contribution >= 4 is 21.9 Å². The molecule has 0 saturated carbocycles. The summed E-state index contributed by atoms with van der Waals surface area (Å²) in [5.74, 6) is -0.827. The van der Waals surface area contributed by atoms with Crippen molar-refractivity contribution in [2.75, 3.05) is 26.2 Å². The van der Waals surface area contributed by atoms with Gasteiger partial charge in [0.25, 0.3) is 0 Å². The average Bonchev–Trinajstić information content (AvgIpc) is 2.49. The molecule has 0 aliphatic rings. The van der Waals surface area contributed by atoms with E-state index in [4.69, 9.17) is 0 Å². The summed E-state index contributed by atoms with van der Waals surface area (Å²) >= 11 is 3.39. The quantitative estimate of drug-likeness (QED) is 0.713. The number of rotatable bonds is 9. The molecule has 1 unspecified atom stereocenters. The Hall–Kier alpha value is -0.910. The highest BCUT2D eigenvalue weighted by molar-refractivity contribution is 9.10. The molecule has 0 saturated heterocycles. The smallest absolute Gasteiger partial charge is 0.328 e. The maximum absolute atomic E-state index is 11.9. The van der Waals surface area contributed by atoms with Gasteiger partial charge in [0.2, 0.25) is 0 Å². The zero-order valence-corrected chi connectivity index (χ0v) is 14.6. The molecule has 2 N–H and O–H groups in total. The van der Waals surface area contributed by atoms with Gasteiger partial charge in [0, 0.05) is 17.6 Å². The molecule has 118 valence electrons. The van der Waals surface area contributed by atoms with Crippen LogP contribution in [0.5, 0.6) is 0 Å². The molecule has 0 bridgehead atoms. The number of halogens is 1. The summed E-state index contributed by atoms with van der Waals surface area (Å²) in [6, 6.07) is 7.50. The van der Waals surface area contributed by atoms with Gasteiger partial charge in [-0.1, -0.05) is 48.8 Å². The first-order valence-electron chi connectivity index (χ1n) is 7.47. The highest BCUT2D eigenvalue weighted by Crippen LogP contribution is 2.26. The third-order valence-electron chi connectivity index (χ3n) is 3.98. The third kappa shape index (κ3) is 4.53. The number of carboxylic acid groups (broad SMARTS) is 1. The zero-order chi connectivity index (χ0) is 15.9. The number of nitrogens with one attached hydrogen (secondary N) is 1. The Balaban J connectivity index is 2.89. The monoisotopic (exact) mass is 356 g/mol. The molecule has 5 heteroatoms. The number of carboxylic acids is 1. The highest BCUT2D eigenvalue weighted by Gasteiger charge is 2.38. The molecule has 1 aromatic rings. The fraction of sp³-hybridized carbons (Fsp3) is 0.562. The van der Waals surface area contributed by atoms with Gasteiger partial charge in [0.15, 0.2) is 0 Å². The van der Waals surface area contributed by atoms with Crippen LogP contribution in [0.25, 0.3) is 0 Å². The molecule has 0 fully saturated rings. The number of hydrogen-bond donors (Lipinski definition) is 2. The second-order valence-corrected chi connectivity index (χ2v) is 5.94. The van der Waals surface area contributed by atoms with Gasteiger partial charge in [-0.3, -0.25) is 5.32 Å². The number of carbonyl (C=O) groups is 1. The first kappa shape index (κ1) is 18.1. The van der Waals surface area contributed by atoms with E-state index in [-0.39, 0.29) is 0 Å². The molecule has 0 aliphatic heterocycles. The van der Waals surface area contributed by atoms with Crippen LogP contribution in [-0.2, 0) is 10.3 Å². The molecule has 0 aromatic heterocycles. The van der Waals surface area contributed by atoms with Gasteiger partial charge in [-0.2, -0.15) is 0 Å². The van der Waals surface area contributed by atoms with Crippen molar-refractivity contribution in [1.82, 2.24) is 10.2 Å². The average molecular weight is 357 g/mol. The Morgan fingerprint density at radius 3 is 2.24 bits per heavy atom. The fourth-order valence-electron chi connectivity index (χ4n) is 2.48. The van der Waals surface area contributed by atoms with Crippen LogP contribution in [-0.4, -0.2) is 42.2 Å². The van der Waals surface area contributed by atoms with Gasteiger partial charge in [-0.15, -0.1) is 0 Å². The third-order valence-corrected chi connectivity index (χ3v) is 4.51. The van der Waals surface area contributed by atoms with Crippen molar-refractivity contribution in [3.8, 4) is 0 Å². The largest absolute Gasteiger partial charge is 0.480 e. The Bertz CT molecular complexity index is 446. The Kier molecular flexibility index (Phi) is 7.35. The SMILES string of the molecule is CCN(CC)CCNC(CC)(C(=O)O)c1ccc(Br)cc1. The van der Waals surface area contributed by atoms with Crippen LogP contribution in [0.1, 0.15) is 32.8 Å². The fourth-order valence-corrected chi connectivity index (χ4v) is 2.75. The second-order valence-electron chi connectivity index (χ2n) is 5.02. The van der Waals surface area contributed by atoms with Crippen molar-refractivity contribution < 1.29 is 9.90 Å². The first-order chi connectivity index (χ1) is 10.00. The van der Waals surface area contributed by atoms with Crippen molar-refractivity contribution in [2.24, 2.45) is 0 Å². The van der Waals surface area contributed by atoms with E-state index in [0.29, 0.717) is 13.0 Å². The molecule has 0 radical (unpaired) electrons. The van der Waals surface area contributed by atoms with Gasteiger partial charge in [0.05, 0.1) is 0 Å². The molecule has 0 aliphatic carbocycles. The molecule has 0 amide bonds. The number of benzene rings is 1. The van der Waals surface area contributed by atoms with E-state index in [1.54, 1.807) is 0 Å². The van der Waals surface area contributed by atoms with Crippen LogP contribution in [0.2, 0.25) is 0 Å². The highest BCUT2D eigenvalue weighted by atomic mass is 79.9. The Morgan fingerprint density at radius 2 is 1.81 bits per heavy atom. The van der Waals surface area contributed by atoms with E-state index in [0.717, 1.165) is 29.7 Å². The maximum Gasteiger partial charge on any atom is 0.328 e. The van der Waals surface area contributed by atoms with Gasteiger partial charge in [-0.25, -0.2) is 4.79 Å². The van der Waals surface area contributed by atoms with E-state index >= 15 is 0 Å². The summed E-state index contributed by atoms with van der Waals surface area (Å²) in [5.41, 5.74) is -0.228. The Morgan fingerprint density at radius 1 is 1.24 bits per heavy atom. The van der Waals surface area contributed by atoms with E-state index in [2.05, 4.69) is 40.0 Å². The molecular formula is C16H25BrN2O2. The van der Waals surface area contributed by atoms with E-state index in [9.17, 15) is 9.90 Å². The summed E-state index contributed by atoms with van der Waals surface area (Å²) in [5, 5.41) is 13.0. The standard InChI is InChI=1S/C16H25BrN2O2/c1-4-16(15(20)21,13-7-9-14(17)10-8-13)18-11-12-19(5-2)6-3/h7-10,18H,4-6,11-12H2,1-3H3,(H,20,21). The van der Waals surface area contributed by atoms with Crippen LogP contribution in [0.4, 0.5) is 0 Å². The molecular weight excluding hydrogens is 332 g/mol. The number of nitrogens with zero attached hydrogens (tertiary/aromatic N) is 1. The molecule has 4 nitrogen and oxygen atoms in total. The lowest BCUT2D eigenvalue weighted by molar-refractivity contribution is -0.145. The summed E-state index contributed by atoms with van der Waals surface area (Å²) in [6.45, 7) is 9.58. The van der Waals surface area contributed by atoms with Gasteiger partial charge in [-0.05, 0) is 37.2 Å². The minimum Gasteiger partial charge on any atom is -0.480 e. The summed E-state index contributed by atoms with van der Waals surface area (Å²) < 4.78 is 0.949. The molecule has 0 spiro atoms. The van der Waals surface area contributed by atoms with Crippen molar-refractivity contribution in [3.63, 3.8) is 0 Å². The van der Waals surface area contributed by atoms with Crippen molar-refractivity contribution in [1.29, 1.82) is 0 Å². The zero-order valence-electron chi connectivity index (χ0n) is 13.0. The lowest BCUT2D eigenvalue weighted by Crippen LogP contribution is -2.51. The van der Waals surface area contributed by atoms with Crippen LogP contribution in [0.15, 0.2) is 28.7 Å². The number of hydrogen-bond acceptors (Lipinski definition) is 3. The summed E-state index contributed by atoms with van der Waals surface area (Å²) in [4.78, 5) is 14.1. The van der Waals surface area contributed by atoms with Crippen molar-refractivity contribution in [2.45, 2.75) is 32.7 Å². The van der Waals surface area contributed by atoms with E-state index in [1.807, 2.05) is 31.2 Å². The summed E-state index contributed by atoms with van der Waals surface area (Å²) in [7, 11) is 0. The summed E-state index contributed by atoms with van der Waals surface area (Å²) in [6.07, 6.45) is 0.502. The van der Waals surface area contributed by atoms with Crippen LogP contribution in [0, 0.1) is 0 Å². The first-order valence-corrected chi connectivity index (χ1v) is 8.26. The van der Waals surface area contributed by atoms with Crippen molar-refractivity contribution in [3.05, 3.63) is 34.3 Å². The number of aliphatic carboxylic acids is 1. The lowest BCUT2D eigenvalue weighted by Gasteiger charge is -2.31. The second kappa shape index (κ2) is 8.51. The van der Waals surface area contributed by atoms with Crippen LogP contribution in [0.3, 0.4) is 0 Å². The van der Waals surface area contributed by atoms with Gasteiger partial charge >= 0.3 is 5.97 Å². The molecule has 1 rings (SSSR count). The molecule has 0 heterocycles. The van der Waals surface area contributed by atoms with Crippen LogP contribution >= 0.6 is 15.9 Å². The number of likely N-dealkylation sites (N-methyl/N-ethyl adjacent to an activating group) is 1. The van der Waals surface area contributed by atoms with E-state index < -0.39 is 11.5 Å². The molecule has 1 atom stereocenters.